The minimum atomic E-state index is -4.60. The monoisotopic (exact) mass is 315 g/mol. The summed E-state index contributed by atoms with van der Waals surface area (Å²) in [4.78, 5) is 11.4. The van der Waals surface area contributed by atoms with Gasteiger partial charge in [-0.05, 0) is 10.6 Å². The smallest absolute Gasteiger partial charge is 0.396 e. The number of benzene rings is 1. The highest BCUT2D eigenvalue weighted by Gasteiger charge is 2.14. The summed E-state index contributed by atoms with van der Waals surface area (Å²) in [5, 5.41) is 5.81. The molecule has 0 bridgehead atoms. The number of anilines is 1. The zero-order valence-corrected chi connectivity index (χ0v) is 12.0. The first-order valence-corrected chi connectivity index (χ1v) is 6.80. The lowest BCUT2D eigenvalue weighted by Crippen LogP contribution is -2.09. The lowest BCUT2D eigenvalue weighted by molar-refractivity contribution is -0.111. The minimum absolute atomic E-state index is 0.0397. The summed E-state index contributed by atoms with van der Waals surface area (Å²) in [7, 11) is -1.93. The van der Waals surface area contributed by atoms with Crippen molar-refractivity contribution in [1.29, 1.82) is 0 Å². The lowest BCUT2D eigenvalue weighted by Gasteiger charge is -2.13. The van der Waals surface area contributed by atoms with Crippen molar-refractivity contribution in [2.75, 3.05) is 19.5 Å². The van der Waals surface area contributed by atoms with Gasteiger partial charge >= 0.3 is 10.3 Å². The number of amides is 1. The Morgan fingerprint density at radius 1 is 1.33 bits per heavy atom. The van der Waals surface area contributed by atoms with Gasteiger partial charge in [0, 0.05) is 12.1 Å². The van der Waals surface area contributed by atoms with Crippen molar-refractivity contribution in [3.8, 4) is 11.5 Å². The molecule has 21 heavy (non-hydrogen) atoms. The molecule has 0 unspecified atom stereocenters. The van der Waals surface area contributed by atoms with E-state index in [1.165, 1.54) is 26.4 Å². The molecule has 0 spiro atoms. The van der Waals surface area contributed by atoms with E-state index in [-0.39, 0.29) is 22.9 Å². The van der Waals surface area contributed by atoms with Crippen LogP contribution in [0.5, 0.6) is 11.5 Å². The van der Waals surface area contributed by atoms with Crippen LogP contribution in [-0.2, 0) is 15.1 Å². The van der Waals surface area contributed by atoms with E-state index in [2.05, 4.69) is 21.5 Å². The van der Waals surface area contributed by atoms with Gasteiger partial charge in [-0.3, -0.25) is 9.35 Å². The quantitative estimate of drug-likeness (QED) is 0.467. The molecule has 1 amide bonds. The molecule has 0 radical (unpaired) electrons. The normalized spacial score (nSPS) is 11.2. The highest BCUT2D eigenvalue weighted by Crippen LogP contribution is 2.39. The Morgan fingerprint density at radius 2 is 1.86 bits per heavy atom. The number of nitrogens with one attached hydrogen (secondary N) is 1. The summed E-state index contributed by atoms with van der Waals surface area (Å²) >= 11 is 0. The van der Waals surface area contributed by atoms with Crippen LogP contribution in [0.3, 0.4) is 0 Å². The molecule has 9 nitrogen and oxygen atoms in total. The molecule has 1 rings (SSSR count). The molecule has 0 heterocycles. The van der Waals surface area contributed by atoms with Crippen LogP contribution in [0.25, 0.3) is 0 Å². The minimum Gasteiger partial charge on any atom is -0.494 e. The van der Waals surface area contributed by atoms with Crippen molar-refractivity contribution in [3.05, 3.63) is 24.8 Å². The molecule has 0 saturated carbocycles. The van der Waals surface area contributed by atoms with Gasteiger partial charge < -0.3 is 14.8 Å². The second kappa shape index (κ2) is 6.81. The lowest BCUT2D eigenvalue weighted by atomic mass is 10.2. The summed E-state index contributed by atoms with van der Waals surface area (Å²) in [6, 6.07) is 2.60. The number of carbonyl (C=O) groups is 1. The molecule has 0 saturated heterocycles. The van der Waals surface area contributed by atoms with Gasteiger partial charge in [0.1, 0.15) is 17.2 Å². The molecule has 114 valence electrons. The molecule has 1 aromatic rings. The second-order valence-corrected chi connectivity index (χ2v) is 4.61. The van der Waals surface area contributed by atoms with Gasteiger partial charge in [0.25, 0.3) is 0 Å². The molecule has 0 aliphatic carbocycles. The van der Waals surface area contributed by atoms with E-state index >= 15 is 0 Å². The van der Waals surface area contributed by atoms with Gasteiger partial charge in [0.05, 0.1) is 19.9 Å². The van der Waals surface area contributed by atoms with Gasteiger partial charge in [-0.25, -0.2) is 0 Å². The number of rotatable bonds is 6. The fourth-order valence-corrected chi connectivity index (χ4v) is 1.55. The van der Waals surface area contributed by atoms with E-state index in [0.29, 0.717) is 0 Å². The van der Waals surface area contributed by atoms with Crippen LogP contribution in [0, 0.1) is 0 Å². The molecule has 10 heteroatoms. The van der Waals surface area contributed by atoms with Crippen LogP contribution >= 0.6 is 0 Å². The maximum absolute atomic E-state index is 11.4. The van der Waals surface area contributed by atoms with Gasteiger partial charge in [-0.1, -0.05) is 6.58 Å². The molecule has 0 fully saturated rings. The van der Waals surface area contributed by atoms with E-state index < -0.39 is 16.2 Å². The van der Waals surface area contributed by atoms with E-state index in [4.69, 9.17) is 14.0 Å². The second-order valence-electron chi connectivity index (χ2n) is 3.55. The molecule has 0 aliphatic rings. The van der Waals surface area contributed by atoms with Crippen LogP contribution in [-0.4, -0.2) is 33.1 Å². The standard InChI is InChI=1S/C11H13N3O6S/c1-4-10(15)12-11-8(19-2)5-7(6-9(11)20-3)13-14-21(16,17)18/h4-6H,1H2,2-3H3,(H,12,15)(H,16,17,18). The average molecular weight is 315 g/mol. The number of hydrogen-bond donors (Lipinski definition) is 2. The fraction of sp³-hybridized carbons (Fsp3) is 0.182. The van der Waals surface area contributed by atoms with Crippen LogP contribution < -0.4 is 14.8 Å². The largest absolute Gasteiger partial charge is 0.494 e. The molecule has 2 N–H and O–H groups in total. The van der Waals surface area contributed by atoms with Crippen LogP contribution in [0.15, 0.2) is 34.4 Å². The fourth-order valence-electron chi connectivity index (χ4n) is 1.35. The maximum atomic E-state index is 11.4. The summed E-state index contributed by atoms with van der Waals surface area (Å²) in [5.41, 5.74) is 0.258. The topological polar surface area (TPSA) is 127 Å². The Kier molecular flexibility index (Phi) is 5.38. The summed E-state index contributed by atoms with van der Waals surface area (Å²) in [5.74, 6) is -0.165. The first-order chi connectivity index (χ1) is 9.80. The van der Waals surface area contributed by atoms with Gasteiger partial charge in [0.15, 0.2) is 0 Å². The van der Waals surface area contributed by atoms with Gasteiger partial charge in [0.2, 0.25) is 5.91 Å². The van der Waals surface area contributed by atoms with Crippen molar-refractivity contribution in [2.45, 2.75) is 0 Å². The Morgan fingerprint density at radius 3 is 2.24 bits per heavy atom. The van der Waals surface area contributed by atoms with Crippen LogP contribution in [0.2, 0.25) is 0 Å². The highest BCUT2D eigenvalue weighted by molar-refractivity contribution is 7.84. The molecule has 0 aromatic heterocycles. The van der Waals surface area contributed by atoms with Crippen molar-refractivity contribution in [2.24, 2.45) is 9.63 Å². The number of hydrogen-bond acceptors (Lipinski definition) is 6. The zero-order valence-electron chi connectivity index (χ0n) is 11.2. The number of carbonyl (C=O) groups excluding carboxylic acids is 1. The number of methoxy groups -OCH3 is 2. The summed E-state index contributed by atoms with van der Waals surface area (Å²) in [6.45, 7) is 3.32. The third-order valence-electron chi connectivity index (χ3n) is 2.18. The first kappa shape index (κ1) is 16.6. The predicted octanol–water partition coefficient (Wildman–Crippen LogP) is 1.71. The molecule has 1 aromatic carbocycles. The van der Waals surface area contributed by atoms with E-state index in [1.807, 2.05) is 0 Å². The predicted molar refractivity (Wildman–Crippen MR) is 74.4 cm³/mol. The third kappa shape index (κ3) is 4.85. The van der Waals surface area contributed by atoms with E-state index in [0.717, 1.165) is 6.08 Å². The summed E-state index contributed by atoms with van der Waals surface area (Å²) in [6.07, 6.45) is 1.06. The maximum Gasteiger partial charge on any atom is 0.396 e. The highest BCUT2D eigenvalue weighted by atomic mass is 32.2. The van der Waals surface area contributed by atoms with Crippen molar-refractivity contribution in [1.82, 2.24) is 0 Å². The molecular formula is C11H13N3O6S. The van der Waals surface area contributed by atoms with Crippen molar-refractivity contribution < 1.29 is 27.2 Å². The number of nitrogens with zero attached hydrogens (tertiary/aromatic N) is 2. The zero-order chi connectivity index (χ0) is 16.0. The van der Waals surface area contributed by atoms with E-state index in [9.17, 15) is 13.2 Å². The van der Waals surface area contributed by atoms with Crippen molar-refractivity contribution in [3.63, 3.8) is 0 Å². The molecular weight excluding hydrogens is 302 g/mol. The molecule has 0 aliphatic heterocycles. The van der Waals surface area contributed by atoms with E-state index in [1.54, 1.807) is 0 Å². The van der Waals surface area contributed by atoms with Crippen molar-refractivity contribution >= 4 is 27.6 Å². The Hall–Kier alpha value is -2.46. The Balaban J connectivity index is 3.32. The van der Waals surface area contributed by atoms with Crippen LogP contribution in [0.4, 0.5) is 11.4 Å². The van der Waals surface area contributed by atoms with Gasteiger partial charge in [-0.15, -0.1) is 5.11 Å². The first-order valence-electron chi connectivity index (χ1n) is 5.40. The van der Waals surface area contributed by atoms with Crippen LogP contribution in [0.1, 0.15) is 0 Å². The SMILES string of the molecule is C=CC(=O)Nc1c(OC)cc(N=NS(=O)(=O)O)cc1OC. The summed E-state index contributed by atoms with van der Waals surface area (Å²) < 4.78 is 42.4. The Labute approximate surface area is 121 Å². The number of ether oxygens (including phenoxy) is 2. The average Bonchev–Trinajstić information content (AvgIpc) is 2.44. The van der Waals surface area contributed by atoms with Gasteiger partial charge in [-0.2, -0.15) is 8.42 Å². The Bertz CT molecular complexity index is 658. The molecule has 0 atom stereocenters. The third-order valence-corrected chi connectivity index (χ3v) is 2.47.